The minimum absolute atomic E-state index is 0.0469. The Hall–Kier alpha value is 0.430. The van der Waals surface area contributed by atoms with Crippen molar-refractivity contribution in [2.75, 3.05) is 6.16 Å². The van der Waals surface area contributed by atoms with Crippen molar-refractivity contribution in [1.29, 1.82) is 0 Å². The summed E-state index contributed by atoms with van der Waals surface area (Å²) in [7, 11) is -0.0469. The lowest BCUT2D eigenvalue weighted by atomic mass is 9.99. The van der Waals surface area contributed by atoms with Crippen LogP contribution in [0, 0.1) is 0 Å². The third-order valence-corrected chi connectivity index (χ3v) is 10.8. The Labute approximate surface area is 148 Å². The van der Waals surface area contributed by atoms with Crippen molar-refractivity contribution < 1.29 is 0 Å². The predicted octanol–water partition coefficient (Wildman–Crippen LogP) is 8.01. The van der Waals surface area contributed by atoms with Gasteiger partial charge in [-0.3, -0.25) is 0 Å². The minimum atomic E-state index is -0.0469. The van der Waals surface area contributed by atoms with E-state index in [0.29, 0.717) is 0 Å². The topological polar surface area (TPSA) is 0 Å². The third-order valence-electron chi connectivity index (χ3n) is 6.58. The minimum Gasteiger partial charge on any atom is -0.0654 e. The van der Waals surface area contributed by atoms with Crippen LogP contribution in [0.2, 0.25) is 0 Å². The maximum atomic E-state index is 2.32. The number of unbranched alkanes of at least 4 members (excludes halogenated alkanes) is 7. The zero-order valence-corrected chi connectivity index (χ0v) is 17.1. The van der Waals surface area contributed by atoms with E-state index in [-0.39, 0.29) is 7.92 Å². The Balaban J connectivity index is 1.65. The van der Waals surface area contributed by atoms with Gasteiger partial charge in [-0.1, -0.05) is 58.3 Å². The fraction of sp³-hybridized carbons (Fsp3) is 1.00. The maximum Gasteiger partial charge on any atom is 0.0678 e. The summed E-state index contributed by atoms with van der Waals surface area (Å²) in [5.74, 6) is 0. The molecule has 1 heteroatoms. The lowest BCUT2D eigenvalue weighted by molar-refractivity contribution is 0.483. The molecule has 0 radical (unpaired) electrons. The molecule has 0 unspecified atom stereocenters. The van der Waals surface area contributed by atoms with Gasteiger partial charge in [0.25, 0.3) is 0 Å². The highest BCUT2D eigenvalue weighted by Gasteiger charge is 2.36. The van der Waals surface area contributed by atoms with Crippen LogP contribution in [-0.2, 0) is 0 Å². The molecule has 0 spiro atoms. The van der Waals surface area contributed by atoms with Crippen LogP contribution in [0.15, 0.2) is 0 Å². The average Bonchev–Trinajstić information content (AvgIpc) is 2.62. The zero-order valence-electron chi connectivity index (χ0n) is 16.1. The summed E-state index contributed by atoms with van der Waals surface area (Å²) in [6.45, 7) is 2.32. The highest BCUT2D eigenvalue weighted by molar-refractivity contribution is 7.59. The highest BCUT2D eigenvalue weighted by Crippen LogP contribution is 2.56. The van der Waals surface area contributed by atoms with E-state index in [1.165, 1.54) is 62.7 Å². The molecule has 2 rings (SSSR count). The summed E-state index contributed by atoms with van der Waals surface area (Å²) in [5, 5.41) is 0. The Morgan fingerprint density at radius 3 is 1.48 bits per heavy atom. The van der Waals surface area contributed by atoms with Crippen molar-refractivity contribution in [3.63, 3.8) is 0 Å². The van der Waals surface area contributed by atoms with E-state index in [1.807, 2.05) is 0 Å². The fourth-order valence-electron chi connectivity index (χ4n) is 5.15. The molecule has 2 saturated carbocycles. The van der Waals surface area contributed by atoms with Crippen molar-refractivity contribution in [3.8, 4) is 0 Å². The summed E-state index contributed by atoms with van der Waals surface area (Å²) in [6, 6.07) is 0. The largest absolute Gasteiger partial charge is 0.0678 e. The van der Waals surface area contributed by atoms with Crippen LogP contribution < -0.4 is 0 Å². The molecule has 0 amide bonds. The first-order valence-electron chi connectivity index (χ1n) is 11.3. The number of hydrogen-bond acceptors (Lipinski definition) is 0. The van der Waals surface area contributed by atoms with Crippen molar-refractivity contribution in [2.45, 2.75) is 134 Å². The molecule has 2 fully saturated rings. The van der Waals surface area contributed by atoms with Gasteiger partial charge in [0.2, 0.25) is 0 Å². The molecule has 0 aromatic heterocycles. The Morgan fingerprint density at radius 1 is 0.565 bits per heavy atom. The van der Waals surface area contributed by atoms with Crippen LogP contribution >= 0.6 is 7.92 Å². The van der Waals surface area contributed by atoms with Crippen molar-refractivity contribution in [2.24, 2.45) is 0 Å². The van der Waals surface area contributed by atoms with E-state index in [9.17, 15) is 0 Å². The van der Waals surface area contributed by atoms with Crippen molar-refractivity contribution in [3.05, 3.63) is 0 Å². The summed E-state index contributed by atoms with van der Waals surface area (Å²) >= 11 is 0. The Morgan fingerprint density at radius 2 is 1.00 bits per heavy atom. The van der Waals surface area contributed by atoms with E-state index in [4.69, 9.17) is 0 Å². The highest BCUT2D eigenvalue weighted by atomic mass is 31.1. The van der Waals surface area contributed by atoms with Gasteiger partial charge in [0.1, 0.15) is 0 Å². The molecule has 2 aliphatic rings. The molecule has 0 nitrogen and oxygen atoms in total. The van der Waals surface area contributed by atoms with Gasteiger partial charge in [-0.05, 0) is 64.2 Å². The predicted molar refractivity (Wildman–Crippen MR) is 110 cm³/mol. The van der Waals surface area contributed by atoms with E-state index in [0.717, 1.165) is 0 Å². The molecule has 0 aromatic carbocycles. The zero-order chi connectivity index (χ0) is 16.2. The van der Waals surface area contributed by atoms with E-state index in [2.05, 4.69) is 6.92 Å². The maximum absolute atomic E-state index is 2.32. The molecular formula is C22H44P+. The molecule has 23 heavy (non-hydrogen) atoms. The molecule has 0 heterocycles. The van der Waals surface area contributed by atoms with Gasteiger partial charge in [0.15, 0.2) is 0 Å². The van der Waals surface area contributed by atoms with Crippen LogP contribution in [0.1, 0.15) is 122 Å². The second kappa shape index (κ2) is 12.7. The van der Waals surface area contributed by atoms with Gasteiger partial charge < -0.3 is 0 Å². The molecule has 0 aromatic rings. The van der Waals surface area contributed by atoms with Crippen LogP contribution in [-0.4, -0.2) is 17.5 Å². The second-order valence-corrected chi connectivity index (χ2v) is 11.8. The fourth-order valence-corrected chi connectivity index (χ4v) is 9.59. The van der Waals surface area contributed by atoms with Crippen LogP contribution in [0.25, 0.3) is 0 Å². The van der Waals surface area contributed by atoms with E-state index < -0.39 is 0 Å². The van der Waals surface area contributed by atoms with Gasteiger partial charge >= 0.3 is 0 Å². The van der Waals surface area contributed by atoms with Gasteiger partial charge in [0.05, 0.1) is 17.5 Å². The molecule has 0 aliphatic heterocycles. The summed E-state index contributed by atoms with van der Waals surface area (Å²) < 4.78 is 0. The lowest BCUT2D eigenvalue weighted by Crippen LogP contribution is -2.22. The molecule has 0 N–H and O–H groups in total. The molecule has 2 aliphatic carbocycles. The molecule has 0 bridgehead atoms. The lowest BCUT2D eigenvalue weighted by Gasteiger charge is -2.32. The normalized spacial score (nSPS) is 21.1. The van der Waals surface area contributed by atoms with Crippen LogP contribution in [0.5, 0.6) is 0 Å². The SMILES string of the molecule is CCCCCCCCCC[PH+](C1CCCCC1)C1CCCCC1. The van der Waals surface area contributed by atoms with Crippen molar-refractivity contribution >= 4 is 7.92 Å². The van der Waals surface area contributed by atoms with Gasteiger partial charge in [-0.15, -0.1) is 0 Å². The third kappa shape index (κ3) is 7.90. The molecule has 136 valence electrons. The van der Waals surface area contributed by atoms with Gasteiger partial charge in [-0.25, -0.2) is 0 Å². The van der Waals surface area contributed by atoms with Crippen LogP contribution in [0.3, 0.4) is 0 Å². The smallest absolute Gasteiger partial charge is 0.0654 e. The number of rotatable bonds is 11. The molecule has 0 atom stereocenters. The summed E-state index contributed by atoms with van der Waals surface area (Å²) in [5.41, 5.74) is 2.42. The summed E-state index contributed by atoms with van der Waals surface area (Å²) in [4.78, 5) is 0. The standard InChI is InChI=1S/C22H43P/c1-2-3-4-5-6-7-8-15-20-23(21-16-11-9-12-17-21)22-18-13-10-14-19-22/h21-22H,2-20H2,1H3/p+1. The molecule has 0 saturated heterocycles. The first kappa shape index (κ1) is 19.8. The average molecular weight is 340 g/mol. The summed E-state index contributed by atoms with van der Waals surface area (Å²) in [6.07, 6.45) is 29.4. The second-order valence-electron chi connectivity index (χ2n) is 8.47. The quantitative estimate of drug-likeness (QED) is 0.264. The first-order chi connectivity index (χ1) is 11.4. The van der Waals surface area contributed by atoms with Gasteiger partial charge in [0, 0.05) is 7.92 Å². The van der Waals surface area contributed by atoms with E-state index >= 15 is 0 Å². The molecular weight excluding hydrogens is 295 g/mol. The Kier molecular flexibility index (Phi) is 10.9. The monoisotopic (exact) mass is 339 g/mol. The van der Waals surface area contributed by atoms with E-state index in [1.54, 1.807) is 70.4 Å². The van der Waals surface area contributed by atoms with Crippen LogP contribution in [0.4, 0.5) is 0 Å². The first-order valence-corrected chi connectivity index (χ1v) is 13.1. The van der Waals surface area contributed by atoms with Crippen molar-refractivity contribution in [1.82, 2.24) is 0 Å². The Bertz CT molecular complexity index is 245. The van der Waals surface area contributed by atoms with Gasteiger partial charge in [-0.2, -0.15) is 0 Å². The number of hydrogen-bond donors (Lipinski definition) is 0.